The SMILES string of the molecule is COc1cccc(/C=N/Nc2nc(=O)[nH]nc2C)c1OCc1ccc(Cl)cc1Cl. The van der Waals surface area contributed by atoms with Gasteiger partial charge in [0, 0.05) is 21.2 Å². The number of nitrogens with one attached hydrogen (secondary N) is 2. The Hall–Kier alpha value is -3.10. The maximum absolute atomic E-state index is 11.3. The largest absolute Gasteiger partial charge is 0.493 e. The van der Waals surface area contributed by atoms with Crippen LogP contribution in [0.3, 0.4) is 0 Å². The normalized spacial score (nSPS) is 10.9. The molecule has 0 saturated heterocycles. The van der Waals surface area contributed by atoms with Crippen LogP contribution in [0.5, 0.6) is 11.5 Å². The van der Waals surface area contributed by atoms with Crippen molar-refractivity contribution < 1.29 is 9.47 Å². The molecule has 0 fully saturated rings. The molecule has 0 amide bonds. The predicted octanol–water partition coefficient (Wildman–Crippen LogP) is 3.81. The first-order valence-corrected chi connectivity index (χ1v) is 9.19. The molecule has 150 valence electrons. The van der Waals surface area contributed by atoms with Crippen LogP contribution in [0, 0.1) is 6.92 Å². The van der Waals surface area contributed by atoms with E-state index in [1.165, 1.54) is 6.21 Å². The lowest BCUT2D eigenvalue weighted by Gasteiger charge is -2.14. The summed E-state index contributed by atoms with van der Waals surface area (Å²) >= 11 is 12.2. The fourth-order valence-electron chi connectivity index (χ4n) is 2.40. The molecule has 29 heavy (non-hydrogen) atoms. The zero-order valence-electron chi connectivity index (χ0n) is 15.6. The van der Waals surface area contributed by atoms with Gasteiger partial charge in [0.15, 0.2) is 17.3 Å². The monoisotopic (exact) mass is 433 g/mol. The van der Waals surface area contributed by atoms with E-state index in [1.54, 1.807) is 44.4 Å². The highest BCUT2D eigenvalue weighted by Gasteiger charge is 2.11. The van der Waals surface area contributed by atoms with E-state index in [2.05, 4.69) is 25.7 Å². The minimum absolute atomic E-state index is 0.212. The Bertz CT molecular complexity index is 1100. The number of halogens is 2. The maximum atomic E-state index is 11.3. The number of rotatable bonds is 7. The van der Waals surface area contributed by atoms with Crippen molar-refractivity contribution in [2.45, 2.75) is 13.5 Å². The third-order valence-electron chi connectivity index (χ3n) is 3.87. The van der Waals surface area contributed by atoms with Crippen LogP contribution in [0.25, 0.3) is 0 Å². The summed E-state index contributed by atoms with van der Waals surface area (Å²) in [5.74, 6) is 1.27. The van der Waals surface area contributed by atoms with Gasteiger partial charge in [0.2, 0.25) is 0 Å². The molecule has 0 aliphatic rings. The lowest BCUT2D eigenvalue weighted by Crippen LogP contribution is -2.15. The Balaban J connectivity index is 1.81. The first kappa shape index (κ1) is 20.6. The fourth-order valence-corrected chi connectivity index (χ4v) is 2.86. The van der Waals surface area contributed by atoms with Crippen molar-refractivity contribution in [3.63, 3.8) is 0 Å². The molecule has 1 heterocycles. The number of para-hydroxylation sites is 1. The van der Waals surface area contributed by atoms with Crippen molar-refractivity contribution in [3.05, 3.63) is 73.7 Å². The highest BCUT2D eigenvalue weighted by Crippen LogP contribution is 2.32. The predicted molar refractivity (Wildman–Crippen MR) is 112 cm³/mol. The fraction of sp³-hybridized carbons (Fsp3) is 0.158. The van der Waals surface area contributed by atoms with Gasteiger partial charge in [-0.25, -0.2) is 9.89 Å². The Morgan fingerprint density at radius 1 is 1.28 bits per heavy atom. The van der Waals surface area contributed by atoms with E-state index in [1.807, 2.05) is 6.07 Å². The number of ether oxygens (including phenoxy) is 2. The number of nitrogens with zero attached hydrogens (tertiary/aromatic N) is 3. The standard InChI is InChI=1S/C19H17Cl2N5O3/c1-11-18(23-19(27)26-24-11)25-22-9-12-4-3-5-16(28-2)17(12)29-10-13-6-7-14(20)8-15(13)21/h3-9H,10H2,1-2H3,(H2,23,25,26,27)/b22-9+. The van der Waals surface area contributed by atoms with Crippen LogP contribution in [0.15, 0.2) is 46.3 Å². The van der Waals surface area contributed by atoms with Crippen LogP contribution in [0.2, 0.25) is 10.0 Å². The molecule has 0 unspecified atom stereocenters. The highest BCUT2D eigenvalue weighted by molar-refractivity contribution is 6.35. The molecular formula is C19H17Cl2N5O3. The van der Waals surface area contributed by atoms with Crippen LogP contribution in [-0.4, -0.2) is 28.5 Å². The Morgan fingerprint density at radius 3 is 2.86 bits per heavy atom. The van der Waals surface area contributed by atoms with Crippen LogP contribution >= 0.6 is 23.2 Å². The van der Waals surface area contributed by atoms with Crippen LogP contribution < -0.4 is 20.6 Å². The lowest BCUT2D eigenvalue weighted by molar-refractivity contribution is 0.284. The minimum atomic E-state index is -0.571. The molecular weight excluding hydrogens is 417 g/mol. The third kappa shape index (κ3) is 5.24. The van der Waals surface area contributed by atoms with E-state index in [-0.39, 0.29) is 12.4 Å². The highest BCUT2D eigenvalue weighted by atomic mass is 35.5. The van der Waals surface area contributed by atoms with E-state index in [0.717, 1.165) is 5.56 Å². The summed E-state index contributed by atoms with van der Waals surface area (Å²) in [7, 11) is 1.55. The zero-order chi connectivity index (χ0) is 20.8. The lowest BCUT2D eigenvalue weighted by atomic mass is 10.2. The van der Waals surface area contributed by atoms with Crippen molar-refractivity contribution in [2.24, 2.45) is 5.10 Å². The number of methoxy groups -OCH3 is 1. The number of hydrazone groups is 1. The van der Waals surface area contributed by atoms with Crippen LogP contribution in [0.1, 0.15) is 16.8 Å². The average molecular weight is 434 g/mol. The average Bonchev–Trinajstić information content (AvgIpc) is 2.70. The van der Waals surface area contributed by atoms with E-state index >= 15 is 0 Å². The topological polar surface area (TPSA) is 101 Å². The Kier molecular flexibility index (Phi) is 6.69. The van der Waals surface area contributed by atoms with Crippen molar-refractivity contribution in [1.82, 2.24) is 15.2 Å². The van der Waals surface area contributed by atoms with Gasteiger partial charge in [0.05, 0.1) is 13.3 Å². The van der Waals surface area contributed by atoms with Gasteiger partial charge in [-0.2, -0.15) is 15.2 Å². The molecule has 0 aliphatic heterocycles. The summed E-state index contributed by atoms with van der Waals surface area (Å²) in [6.45, 7) is 1.90. The van der Waals surface area contributed by atoms with Gasteiger partial charge in [-0.3, -0.25) is 5.43 Å². The molecule has 0 atom stereocenters. The van der Waals surface area contributed by atoms with Crippen LogP contribution in [-0.2, 0) is 6.61 Å². The zero-order valence-corrected chi connectivity index (χ0v) is 17.1. The Labute approximate surface area is 176 Å². The van der Waals surface area contributed by atoms with E-state index < -0.39 is 5.69 Å². The van der Waals surface area contributed by atoms with Crippen molar-refractivity contribution in [3.8, 4) is 11.5 Å². The number of aromatic nitrogens is 3. The van der Waals surface area contributed by atoms with Gasteiger partial charge in [0.25, 0.3) is 0 Å². The molecule has 0 bridgehead atoms. The maximum Gasteiger partial charge on any atom is 0.363 e. The molecule has 10 heteroatoms. The van der Waals surface area contributed by atoms with E-state index in [0.29, 0.717) is 32.8 Å². The number of aromatic amines is 1. The second-order valence-corrected chi connectivity index (χ2v) is 6.69. The molecule has 8 nitrogen and oxygen atoms in total. The first-order valence-electron chi connectivity index (χ1n) is 8.44. The van der Waals surface area contributed by atoms with Crippen LogP contribution in [0.4, 0.5) is 5.82 Å². The van der Waals surface area contributed by atoms with Gasteiger partial charge in [0.1, 0.15) is 12.3 Å². The van der Waals surface area contributed by atoms with Gasteiger partial charge < -0.3 is 9.47 Å². The van der Waals surface area contributed by atoms with Crippen molar-refractivity contribution in [2.75, 3.05) is 12.5 Å². The van der Waals surface area contributed by atoms with Gasteiger partial charge in [-0.1, -0.05) is 35.3 Å². The van der Waals surface area contributed by atoms with Gasteiger partial charge >= 0.3 is 5.69 Å². The van der Waals surface area contributed by atoms with E-state index in [4.69, 9.17) is 32.7 Å². The molecule has 2 aromatic carbocycles. The second kappa shape index (κ2) is 9.40. The number of H-pyrrole nitrogens is 1. The number of hydrogen-bond acceptors (Lipinski definition) is 7. The molecule has 0 aliphatic carbocycles. The summed E-state index contributed by atoms with van der Waals surface area (Å²) < 4.78 is 11.4. The molecule has 3 rings (SSSR count). The summed E-state index contributed by atoms with van der Waals surface area (Å²) in [5.41, 5.74) is 4.06. The molecule has 0 radical (unpaired) electrons. The third-order valence-corrected chi connectivity index (χ3v) is 4.45. The number of anilines is 1. The first-order chi connectivity index (χ1) is 14.0. The minimum Gasteiger partial charge on any atom is -0.493 e. The van der Waals surface area contributed by atoms with Crippen molar-refractivity contribution >= 4 is 35.2 Å². The molecule has 2 N–H and O–H groups in total. The number of aryl methyl sites for hydroxylation is 1. The second-order valence-electron chi connectivity index (χ2n) is 5.85. The van der Waals surface area contributed by atoms with E-state index in [9.17, 15) is 4.79 Å². The quantitative estimate of drug-likeness (QED) is 0.433. The van der Waals surface area contributed by atoms with Crippen molar-refractivity contribution in [1.29, 1.82) is 0 Å². The molecule has 0 spiro atoms. The summed E-state index contributed by atoms with van der Waals surface area (Å²) in [5, 5.41) is 11.3. The summed E-state index contributed by atoms with van der Waals surface area (Å²) in [6.07, 6.45) is 1.53. The Morgan fingerprint density at radius 2 is 2.10 bits per heavy atom. The summed E-state index contributed by atoms with van der Waals surface area (Å²) in [4.78, 5) is 15.1. The smallest absolute Gasteiger partial charge is 0.363 e. The molecule has 1 aromatic heterocycles. The molecule has 3 aromatic rings. The van der Waals surface area contributed by atoms with Gasteiger partial charge in [-0.15, -0.1) is 0 Å². The molecule has 0 saturated carbocycles. The number of benzene rings is 2. The number of hydrogen-bond donors (Lipinski definition) is 2. The van der Waals surface area contributed by atoms with Gasteiger partial charge in [-0.05, 0) is 31.2 Å². The summed E-state index contributed by atoms with van der Waals surface area (Å²) in [6, 6.07) is 10.6.